The van der Waals surface area contributed by atoms with Crippen molar-refractivity contribution < 1.29 is 15.8 Å². The Hall–Kier alpha value is -1.46. The van der Waals surface area contributed by atoms with E-state index >= 15 is 0 Å². The van der Waals surface area contributed by atoms with Gasteiger partial charge in [-0.15, -0.1) is 5.92 Å². The zero-order valence-electron chi connectivity index (χ0n) is 19.8. The lowest BCUT2D eigenvalue weighted by atomic mass is 9.95. The first-order chi connectivity index (χ1) is 15.0. The summed E-state index contributed by atoms with van der Waals surface area (Å²) in [6.45, 7) is 16.2. The van der Waals surface area contributed by atoms with E-state index in [1.807, 2.05) is 20.8 Å². The lowest BCUT2D eigenvalue weighted by Crippen LogP contribution is -2.49. The molecular weight excluding hydrogens is 392 g/mol. The highest BCUT2D eigenvalue weighted by Crippen LogP contribution is 2.19. The molecule has 0 aromatic heterocycles. The number of amides is 1. The number of ether oxygens (including phenoxy) is 1. The predicted octanol–water partition coefficient (Wildman–Crippen LogP) is 1.33. The molecule has 0 spiro atoms. The van der Waals surface area contributed by atoms with E-state index in [2.05, 4.69) is 31.9 Å². The first-order valence-corrected chi connectivity index (χ1v) is 12.0. The van der Waals surface area contributed by atoms with Crippen molar-refractivity contribution >= 4 is 11.7 Å². The second-order valence-corrected chi connectivity index (χ2v) is 9.02. The molecule has 1 amide bonds. The van der Waals surface area contributed by atoms with Crippen LogP contribution in [0.25, 0.3) is 0 Å². The summed E-state index contributed by atoms with van der Waals surface area (Å²) in [6.07, 6.45) is 3.20. The summed E-state index contributed by atoms with van der Waals surface area (Å²) in [5.41, 5.74) is 0. The Morgan fingerprint density at radius 1 is 1.03 bits per heavy atom. The van der Waals surface area contributed by atoms with Gasteiger partial charge in [-0.3, -0.25) is 19.4 Å². The standard InChI is InChI=1S/C24H42N4O3.H2/c1-4-5-6-9-25-24(30)20-31-17-16-26-12-14-28(15-13-26)18-22-7-10-27(11-8-22)19-23(29)21(2)3;/h21-22H,4,7-20H2,1-3H3,(H,25,30);1H. The minimum atomic E-state index is -0.102. The van der Waals surface area contributed by atoms with E-state index in [1.165, 1.54) is 19.4 Å². The topological polar surface area (TPSA) is 65.1 Å². The van der Waals surface area contributed by atoms with Crippen molar-refractivity contribution in [1.29, 1.82) is 0 Å². The Bertz CT molecular complexity index is 604. The van der Waals surface area contributed by atoms with Gasteiger partial charge in [0.15, 0.2) is 0 Å². The molecule has 2 fully saturated rings. The molecule has 1 N–H and O–H groups in total. The van der Waals surface area contributed by atoms with Crippen molar-refractivity contribution in [3.05, 3.63) is 0 Å². The second kappa shape index (κ2) is 14.6. The highest BCUT2D eigenvalue weighted by Gasteiger charge is 2.25. The first-order valence-electron chi connectivity index (χ1n) is 12.0. The number of hydrogen-bond acceptors (Lipinski definition) is 6. The van der Waals surface area contributed by atoms with Crippen LogP contribution in [0.1, 0.15) is 41.5 Å². The number of nitrogens with one attached hydrogen (secondary N) is 1. The molecule has 0 atom stereocenters. The summed E-state index contributed by atoms with van der Waals surface area (Å²) in [6, 6.07) is 0. The lowest BCUT2D eigenvalue weighted by Gasteiger charge is -2.38. The number of piperazine rings is 1. The minimum absolute atomic E-state index is 0. The molecule has 2 aliphatic heterocycles. The Kier molecular flexibility index (Phi) is 12.1. The first kappa shape index (κ1) is 25.8. The van der Waals surface area contributed by atoms with Crippen LogP contribution in [-0.4, -0.2) is 105 Å². The third-order valence-electron chi connectivity index (χ3n) is 6.17. The van der Waals surface area contributed by atoms with Crippen LogP contribution < -0.4 is 5.32 Å². The smallest absolute Gasteiger partial charge is 0.246 e. The van der Waals surface area contributed by atoms with Gasteiger partial charge in [0, 0.05) is 53.0 Å². The van der Waals surface area contributed by atoms with Crippen LogP contribution in [-0.2, 0) is 14.3 Å². The lowest BCUT2D eigenvalue weighted by molar-refractivity contribution is -0.125. The number of piperidine rings is 1. The van der Waals surface area contributed by atoms with Crippen molar-refractivity contribution in [3.63, 3.8) is 0 Å². The van der Waals surface area contributed by atoms with E-state index in [0.29, 0.717) is 25.5 Å². The number of nitrogens with zero attached hydrogens (tertiary/aromatic N) is 3. The Labute approximate surface area is 190 Å². The molecule has 0 saturated carbocycles. The van der Waals surface area contributed by atoms with Crippen LogP contribution in [0, 0.1) is 23.7 Å². The predicted molar refractivity (Wildman–Crippen MR) is 126 cm³/mol. The summed E-state index contributed by atoms with van der Waals surface area (Å²) in [5, 5.41) is 2.74. The summed E-state index contributed by atoms with van der Waals surface area (Å²) < 4.78 is 5.51. The van der Waals surface area contributed by atoms with Gasteiger partial charge >= 0.3 is 0 Å². The Morgan fingerprint density at radius 2 is 1.71 bits per heavy atom. The van der Waals surface area contributed by atoms with Crippen LogP contribution in [0.2, 0.25) is 0 Å². The number of ketones is 1. The number of hydrogen-bond donors (Lipinski definition) is 1. The SMILES string of the molecule is CCC#CCNC(=O)COCCN1CCN(CC2CCN(CC(=O)C(C)C)CC2)CC1.[HH]. The van der Waals surface area contributed by atoms with Gasteiger partial charge in [-0.25, -0.2) is 0 Å². The molecule has 7 nitrogen and oxygen atoms in total. The van der Waals surface area contributed by atoms with Crippen LogP contribution in [0.15, 0.2) is 0 Å². The maximum Gasteiger partial charge on any atom is 0.246 e. The van der Waals surface area contributed by atoms with Crippen LogP contribution in [0.4, 0.5) is 0 Å². The molecule has 2 rings (SSSR count). The number of likely N-dealkylation sites (tertiary alicyclic amines) is 1. The van der Waals surface area contributed by atoms with E-state index in [-0.39, 0.29) is 19.9 Å². The molecular formula is C24H44N4O3. The van der Waals surface area contributed by atoms with Crippen molar-refractivity contribution in [1.82, 2.24) is 20.0 Å². The maximum absolute atomic E-state index is 11.9. The fourth-order valence-corrected chi connectivity index (χ4v) is 4.03. The molecule has 2 heterocycles. The van der Waals surface area contributed by atoms with Gasteiger partial charge in [0.25, 0.3) is 0 Å². The van der Waals surface area contributed by atoms with Crippen molar-refractivity contribution in [2.75, 3.05) is 78.7 Å². The summed E-state index contributed by atoms with van der Waals surface area (Å²) in [4.78, 5) is 30.9. The van der Waals surface area contributed by atoms with Crippen molar-refractivity contribution in [3.8, 4) is 11.8 Å². The van der Waals surface area contributed by atoms with Crippen molar-refractivity contribution in [2.24, 2.45) is 11.8 Å². The van der Waals surface area contributed by atoms with Gasteiger partial charge in [0.05, 0.1) is 19.7 Å². The van der Waals surface area contributed by atoms with E-state index in [4.69, 9.17) is 4.74 Å². The van der Waals surface area contributed by atoms with Gasteiger partial charge in [-0.05, 0) is 31.8 Å². The monoisotopic (exact) mass is 436 g/mol. The van der Waals surface area contributed by atoms with E-state index in [0.717, 1.165) is 58.2 Å². The van der Waals surface area contributed by atoms with E-state index in [1.54, 1.807) is 0 Å². The van der Waals surface area contributed by atoms with Crippen LogP contribution in [0.3, 0.4) is 0 Å². The van der Waals surface area contributed by atoms with Gasteiger partial charge in [-0.1, -0.05) is 26.7 Å². The molecule has 0 unspecified atom stereocenters. The van der Waals surface area contributed by atoms with Crippen molar-refractivity contribution in [2.45, 2.75) is 40.0 Å². The molecule has 0 radical (unpaired) electrons. The molecule has 178 valence electrons. The van der Waals surface area contributed by atoms with Gasteiger partial charge in [0.2, 0.25) is 5.91 Å². The molecule has 0 bridgehead atoms. The molecule has 0 aromatic carbocycles. The van der Waals surface area contributed by atoms with E-state index in [9.17, 15) is 9.59 Å². The summed E-state index contributed by atoms with van der Waals surface area (Å²) >= 11 is 0. The molecule has 31 heavy (non-hydrogen) atoms. The third kappa shape index (κ3) is 10.6. The third-order valence-corrected chi connectivity index (χ3v) is 6.17. The van der Waals surface area contributed by atoms with Crippen LogP contribution >= 0.6 is 0 Å². The normalized spacial score (nSPS) is 19.2. The second-order valence-electron chi connectivity index (χ2n) is 9.02. The van der Waals surface area contributed by atoms with Gasteiger partial charge in [-0.2, -0.15) is 0 Å². The highest BCUT2D eigenvalue weighted by molar-refractivity contribution is 5.82. The number of carbonyl (C=O) groups is 2. The van der Waals surface area contributed by atoms with E-state index < -0.39 is 0 Å². The average molecular weight is 437 g/mol. The largest absolute Gasteiger partial charge is 0.370 e. The quantitative estimate of drug-likeness (QED) is 0.389. The molecule has 0 aromatic rings. The number of carbonyl (C=O) groups excluding carboxylic acids is 2. The molecule has 2 aliphatic rings. The highest BCUT2D eigenvalue weighted by atomic mass is 16.5. The fraction of sp³-hybridized carbons (Fsp3) is 0.833. The fourth-order valence-electron chi connectivity index (χ4n) is 4.03. The molecule has 2 saturated heterocycles. The number of Topliss-reactive ketones (excluding diaryl/α,β-unsaturated/α-hetero) is 1. The van der Waals surface area contributed by atoms with Gasteiger partial charge < -0.3 is 15.0 Å². The zero-order valence-corrected chi connectivity index (χ0v) is 19.8. The minimum Gasteiger partial charge on any atom is -0.370 e. The van der Waals surface area contributed by atoms with Gasteiger partial charge in [0.1, 0.15) is 12.4 Å². The summed E-state index contributed by atoms with van der Waals surface area (Å²) in [5.74, 6) is 6.96. The van der Waals surface area contributed by atoms with Crippen LogP contribution in [0.5, 0.6) is 0 Å². The maximum atomic E-state index is 11.9. The zero-order chi connectivity index (χ0) is 22.5. The Balaban J connectivity index is 0.00000512. The average Bonchev–Trinajstić information content (AvgIpc) is 2.76. The molecule has 0 aliphatic carbocycles. The summed E-state index contributed by atoms with van der Waals surface area (Å²) in [7, 11) is 0. The number of rotatable bonds is 11. The molecule has 7 heteroatoms. The Morgan fingerprint density at radius 3 is 2.35 bits per heavy atom.